The van der Waals surface area contributed by atoms with Crippen molar-refractivity contribution in [2.24, 2.45) is 11.1 Å². The number of hydrogen-bond acceptors (Lipinski definition) is 3. The molecule has 0 aliphatic rings. The van der Waals surface area contributed by atoms with Gasteiger partial charge in [-0.1, -0.05) is 32.9 Å². The van der Waals surface area contributed by atoms with Gasteiger partial charge in [-0.2, -0.15) is 13.2 Å². The largest absolute Gasteiger partial charge is 0.446 e. The summed E-state index contributed by atoms with van der Waals surface area (Å²) in [6, 6.07) is 4.94. The van der Waals surface area contributed by atoms with E-state index in [-0.39, 0.29) is 22.3 Å². The first kappa shape index (κ1) is 16.8. The summed E-state index contributed by atoms with van der Waals surface area (Å²) in [6.45, 7) is 5.36. The number of benzene rings is 1. The van der Waals surface area contributed by atoms with Crippen LogP contribution in [0.1, 0.15) is 20.8 Å². The molecular formula is C13H17F3N2OS. The summed E-state index contributed by atoms with van der Waals surface area (Å²) in [5.74, 6) is -0.507. The molecule has 20 heavy (non-hydrogen) atoms. The van der Waals surface area contributed by atoms with Gasteiger partial charge in [0.25, 0.3) is 0 Å². The monoisotopic (exact) mass is 306 g/mol. The van der Waals surface area contributed by atoms with Gasteiger partial charge in [0.05, 0.1) is 11.7 Å². The minimum absolute atomic E-state index is 0.0607. The third-order valence-corrected chi connectivity index (χ3v) is 3.39. The Morgan fingerprint density at radius 1 is 1.25 bits per heavy atom. The molecule has 3 N–H and O–H groups in total. The fourth-order valence-electron chi connectivity index (χ4n) is 1.39. The van der Waals surface area contributed by atoms with E-state index in [1.807, 2.05) is 0 Å². The summed E-state index contributed by atoms with van der Waals surface area (Å²) in [4.78, 5) is 11.9. The second-order valence-corrected chi connectivity index (χ2v) is 6.48. The molecule has 1 unspecified atom stereocenters. The van der Waals surface area contributed by atoms with Gasteiger partial charge in [0.1, 0.15) is 0 Å². The lowest BCUT2D eigenvalue weighted by Crippen LogP contribution is -2.45. The van der Waals surface area contributed by atoms with Crippen LogP contribution in [0, 0.1) is 5.41 Å². The van der Waals surface area contributed by atoms with Crippen LogP contribution >= 0.6 is 11.8 Å². The summed E-state index contributed by atoms with van der Waals surface area (Å²) < 4.78 is 37.3. The Morgan fingerprint density at radius 3 is 2.30 bits per heavy atom. The van der Waals surface area contributed by atoms with Crippen molar-refractivity contribution < 1.29 is 18.0 Å². The number of anilines is 1. The fourth-order valence-corrected chi connectivity index (χ4v) is 2.01. The molecule has 1 rings (SSSR count). The highest BCUT2D eigenvalue weighted by atomic mass is 32.2. The molecule has 1 aromatic rings. The molecule has 1 amide bonds. The van der Waals surface area contributed by atoms with Crippen LogP contribution in [-0.2, 0) is 4.79 Å². The lowest BCUT2D eigenvalue weighted by molar-refractivity contribution is -0.119. The van der Waals surface area contributed by atoms with Crippen LogP contribution in [-0.4, -0.2) is 17.5 Å². The lowest BCUT2D eigenvalue weighted by atomic mass is 9.87. The Hall–Kier alpha value is -1.21. The van der Waals surface area contributed by atoms with Gasteiger partial charge in [-0.15, -0.1) is 0 Å². The molecule has 0 radical (unpaired) electrons. The maximum Gasteiger partial charge on any atom is 0.446 e. The Balaban J connectivity index is 2.91. The fraction of sp³-hybridized carbons (Fsp3) is 0.462. The first-order chi connectivity index (χ1) is 9.00. The maximum absolute atomic E-state index is 12.4. The van der Waals surface area contributed by atoms with Crippen LogP contribution < -0.4 is 11.1 Å². The molecular weight excluding hydrogens is 289 g/mol. The lowest BCUT2D eigenvalue weighted by Gasteiger charge is -2.26. The van der Waals surface area contributed by atoms with Gasteiger partial charge in [0.2, 0.25) is 5.91 Å². The summed E-state index contributed by atoms with van der Waals surface area (Å²) in [6.07, 6.45) is 0. The van der Waals surface area contributed by atoms with E-state index >= 15 is 0 Å². The van der Waals surface area contributed by atoms with Gasteiger partial charge in [-0.25, -0.2) is 0 Å². The minimum atomic E-state index is -4.41. The van der Waals surface area contributed by atoms with Crippen molar-refractivity contribution in [3.05, 3.63) is 24.3 Å². The van der Waals surface area contributed by atoms with Crippen LogP contribution in [0.4, 0.5) is 18.9 Å². The molecule has 0 bridgehead atoms. The van der Waals surface area contributed by atoms with Gasteiger partial charge in [0.15, 0.2) is 0 Å². The number of alkyl halides is 3. The van der Waals surface area contributed by atoms with Crippen molar-refractivity contribution in [2.75, 3.05) is 5.32 Å². The quantitative estimate of drug-likeness (QED) is 0.839. The third kappa shape index (κ3) is 5.05. The van der Waals surface area contributed by atoms with Crippen LogP contribution in [0.15, 0.2) is 29.2 Å². The predicted octanol–water partition coefficient (Wildman–Crippen LogP) is 3.61. The van der Waals surface area contributed by atoms with Gasteiger partial charge in [0, 0.05) is 4.90 Å². The number of nitrogens with one attached hydrogen (secondary N) is 1. The topological polar surface area (TPSA) is 55.1 Å². The van der Waals surface area contributed by atoms with E-state index in [0.717, 1.165) is 0 Å². The molecule has 0 saturated carbocycles. The summed E-state index contributed by atoms with van der Waals surface area (Å²) in [7, 11) is 0. The number of amides is 1. The van der Waals surface area contributed by atoms with Crippen LogP contribution in [0.2, 0.25) is 0 Å². The standard InChI is InChI=1S/C13H17F3N2OS/c1-12(2,3)10(17)11(19)18-8-6-4-5-7-9(8)20-13(14,15)16/h4-7,10H,17H2,1-3H3,(H,18,19). The van der Waals surface area contributed by atoms with Gasteiger partial charge >= 0.3 is 5.51 Å². The molecule has 1 aromatic carbocycles. The smallest absolute Gasteiger partial charge is 0.324 e. The van der Waals surface area contributed by atoms with Crippen LogP contribution in [0.5, 0.6) is 0 Å². The zero-order valence-electron chi connectivity index (χ0n) is 11.4. The zero-order valence-corrected chi connectivity index (χ0v) is 12.2. The van der Waals surface area contributed by atoms with Gasteiger partial charge in [-0.3, -0.25) is 4.79 Å². The summed E-state index contributed by atoms with van der Waals surface area (Å²) in [5, 5.41) is 2.45. The average Bonchev–Trinajstić information content (AvgIpc) is 2.27. The third-order valence-electron chi connectivity index (χ3n) is 2.59. The number of para-hydroxylation sites is 1. The summed E-state index contributed by atoms with van der Waals surface area (Å²) in [5.41, 5.74) is 1.00. The molecule has 7 heteroatoms. The molecule has 0 heterocycles. The minimum Gasteiger partial charge on any atom is -0.324 e. The first-order valence-electron chi connectivity index (χ1n) is 5.92. The predicted molar refractivity (Wildman–Crippen MR) is 74.4 cm³/mol. The number of hydrogen-bond donors (Lipinski definition) is 2. The Morgan fingerprint density at radius 2 is 1.80 bits per heavy atom. The van der Waals surface area contributed by atoms with Crippen LogP contribution in [0.3, 0.4) is 0 Å². The number of carbonyl (C=O) groups is 1. The summed E-state index contributed by atoms with van der Waals surface area (Å²) >= 11 is -0.267. The molecule has 0 aliphatic heterocycles. The van der Waals surface area contributed by atoms with E-state index in [2.05, 4.69) is 5.32 Å². The Kier molecular flexibility index (Phi) is 5.10. The molecule has 0 spiro atoms. The van der Waals surface area contributed by atoms with E-state index < -0.39 is 22.9 Å². The van der Waals surface area contributed by atoms with Crippen molar-refractivity contribution >= 4 is 23.4 Å². The molecule has 0 saturated heterocycles. The second kappa shape index (κ2) is 6.05. The van der Waals surface area contributed by atoms with E-state index in [9.17, 15) is 18.0 Å². The number of thioether (sulfide) groups is 1. The number of nitrogens with two attached hydrogens (primary N) is 1. The van der Waals surface area contributed by atoms with E-state index in [4.69, 9.17) is 5.73 Å². The average molecular weight is 306 g/mol. The number of carbonyl (C=O) groups excluding carboxylic acids is 1. The molecule has 1 atom stereocenters. The van der Waals surface area contributed by atoms with Crippen molar-refractivity contribution in [2.45, 2.75) is 37.2 Å². The van der Waals surface area contributed by atoms with E-state index in [1.165, 1.54) is 18.2 Å². The van der Waals surface area contributed by atoms with E-state index in [1.54, 1.807) is 26.8 Å². The van der Waals surface area contributed by atoms with Crippen molar-refractivity contribution in [1.82, 2.24) is 0 Å². The van der Waals surface area contributed by atoms with E-state index in [0.29, 0.717) is 0 Å². The second-order valence-electron chi connectivity index (χ2n) is 5.38. The highest BCUT2D eigenvalue weighted by Gasteiger charge is 2.32. The molecule has 0 aliphatic carbocycles. The zero-order chi connectivity index (χ0) is 15.6. The molecule has 3 nitrogen and oxygen atoms in total. The first-order valence-corrected chi connectivity index (χ1v) is 6.73. The molecule has 112 valence electrons. The van der Waals surface area contributed by atoms with Crippen molar-refractivity contribution in [3.63, 3.8) is 0 Å². The highest BCUT2D eigenvalue weighted by molar-refractivity contribution is 8.00. The highest BCUT2D eigenvalue weighted by Crippen LogP contribution is 2.40. The van der Waals surface area contributed by atoms with Crippen molar-refractivity contribution in [3.8, 4) is 0 Å². The van der Waals surface area contributed by atoms with Crippen molar-refractivity contribution in [1.29, 1.82) is 0 Å². The normalized spacial score (nSPS) is 13.9. The van der Waals surface area contributed by atoms with Gasteiger partial charge in [-0.05, 0) is 29.3 Å². The SMILES string of the molecule is CC(C)(C)C(N)C(=O)Nc1ccccc1SC(F)(F)F. The van der Waals surface area contributed by atoms with Crippen LogP contribution in [0.25, 0.3) is 0 Å². The number of rotatable bonds is 3. The maximum atomic E-state index is 12.4. The number of halogens is 3. The Labute approximate surface area is 120 Å². The van der Waals surface area contributed by atoms with Gasteiger partial charge < -0.3 is 11.1 Å². The molecule has 0 aromatic heterocycles. The Bertz CT molecular complexity index is 483. The molecule has 0 fully saturated rings.